The standard InChI is InChI=1S/C26H28N4O2S/c1-3-7-20(2)33(31,32)28-18-21-10-12-22(13-11-21)25-19-30(24-8-5-4-6-9-24)29-26(25)23-14-16-27-17-15-23/h4-6,8-17,19-20,28H,3,7,18H2,1-2H3. The fourth-order valence-corrected chi connectivity index (χ4v) is 4.91. The number of para-hydroxylation sites is 1. The van der Waals surface area contributed by atoms with Crippen LogP contribution in [0.4, 0.5) is 0 Å². The molecule has 0 aliphatic heterocycles. The average molecular weight is 461 g/mol. The molecular weight excluding hydrogens is 432 g/mol. The van der Waals surface area contributed by atoms with E-state index in [0.717, 1.165) is 40.1 Å². The first-order valence-electron chi connectivity index (χ1n) is 11.1. The van der Waals surface area contributed by atoms with Crippen molar-refractivity contribution in [3.8, 4) is 28.1 Å². The normalized spacial score (nSPS) is 12.5. The number of hydrogen-bond donors (Lipinski definition) is 1. The SMILES string of the molecule is CCCC(C)S(=O)(=O)NCc1ccc(-c2cn(-c3ccccc3)nc2-c2ccncc2)cc1. The zero-order chi connectivity index (χ0) is 23.3. The number of pyridine rings is 1. The average Bonchev–Trinajstić information content (AvgIpc) is 3.30. The molecular formula is C26H28N4O2S. The Morgan fingerprint density at radius 3 is 2.30 bits per heavy atom. The first-order chi connectivity index (χ1) is 16.0. The van der Waals surface area contributed by atoms with E-state index in [9.17, 15) is 8.42 Å². The molecule has 0 amide bonds. The van der Waals surface area contributed by atoms with Gasteiger partial charge in [0.25, 0.3) is 0 Å². The molecule has 0 aliphatic carbocycles. The number of nitrogens with one attached hydrogen (secondary N) is 1. The highest BCUT2D eigenvalue weighted by Gasteiger charge is 2.19. The molecule has 0 radical (unpaired) electrons. The summed E-state index contributed by atoms with van der Waals surface area (Å²) in [5.74, 6) is 0. The molecule has 1 atom stereocenters. The van der Waals surface area contributed by atoms with Gasteiger partial charge >= 0.3 is 0 Å². The van der Waals surface area contributed by atoms with Crippen molar-refractivity contribution in [1.29, 1.82) is 0 Å². The predicted octanol–water partition coefficient (Wildman–Crippen LogP) is 5.21. The summed E-state index contributed by atoms with van der Waals surface area (Å²) in [6.45, 7) is 4.02. The monoisotopic (exact) mass is 460 g/mol. The molecule has 7 heteroatoms. The van der Waals surface area contributed by atoms with Gasteiger partial charge in [0.1, 0.15) is 5.69 Å². The fourth-order valence-electron chi connectivity index (χ4n) is 3.71. The zero-order valence-corrected chi connectivity index (χ0v) is 19.7. The van der Waals surface area contributed by atoms with Crippen LogP contribution < -0.4 is 4.72 Å². The highest BCUT2D eigenvalue weighted by molar-refractivity contribution is 7.90. The van der Waals surface area contributed by atoms with Crippen LogP contribution in [0.25, 0.3) is 28.1 Å². The molecule has 1 N–H and O–H groups in total. The van der Waals surface area contributed by atoms with Crippen LogP contribution >= 0.6 is 0 Å². The minimum Gasteiger partial charge on any atom is -0.265 e. The summed E-state index contributed by atoms with van der Waals surface area (Å²) in [6, 6.07) is 21.8. The van der Waals surface area contributed by atoms with E-state index >= 15 is 0 Å². The van der Waals surface area contributed by atoms with Crippen molar-refractivity contribution in [2.75, 3.05) is 0 Å². The van der Waals surface area contributed by atoms with E-state index in [2.05, 4.69) is 9.71 Å². The van der Waals surface area contributed by atoms with E-state index in [-0.39, 0.29) is 6.54 Å². The molecule has 0 saturated heterocycles. The second kappa shape index (κ2) is 10.1. The highest BCUT2D eigenvalue weighted by atomic mass is 32.2. The molecule has 33 heavy (non-hydrogen) atoms. The van der Waals surface area contributed by atoms with Crippen molar-refractivity contribution in [3.05, 3.63) is 90.9 Å². The van der Waals surface area contributed by atoms with Crippen LogP contribution in [0.3, 0.4) is 0 Å². The molecule has 4 rings (SSSR count). The van der Waals surface area contributed by atoms with Gasteiger partial charge in [-0.25, -0.2) is 17.8 Å². The van der Waals surface area contributed by atoms with Crippen molar-refractivity contribution >= 4 is 10.0 Å². The van der Waals surface area contributed by atoms with Gasteiger partial charge in [-0.05, 0) is 48.7 Å². The third-order valence-electron chi connectivity index (χ3n) is 5.66. The second-order valence-corrected chi connectivity index (χ2v) is 10.3. The van der Waals surface area contributed by atoms with Gasteiger partial charge in [0.2, 0.25) is 10.0 Å². The van der Waals surface area contributed by atoms with Crippen LogP contribution in [0.1, 0.15) is 32.3 Å². The van der Waals surface area contributed by atoms with Gasteiger partial charge in [-0.15, -0.1) is 0 Å². The van der Waals surface area contributed by atoms with Crippen molar-refractivity contribution in [2.24, 2.45) is 0 Å². The lowest BCUT2D eigenvalue weighted by atomic mass is 10.0. The number of rotatable bonds is 9. The van der Waals surface area contributed by atoms with Crippen molar-refractivity contribution in [3.63, 3.8) is 0 Å². The molecule has 6 nitrogen and oxygen atoms in total. The molecule has 170 valence electrons. The third kappa shape index (κ3) is 5.38. The second-order valence-electron chi connectivity index (χ2n) is 8.07. The molecule has 0 fully saturated rings. The number of hydrogen-bond acceptors (Lipinski definition) is 4. The van der Waals surface area contributed by atoms with E-state index in [0.29, 0.717) is 6.42 Å². The third-order valence-corrected chi connectivity index (χ3v) is 7.50. The lowest BCUT2D eigenvalue weighted by Gasteiger charge is -2.13. The fraction of sp³-hybridized carbons (Fsp3) is 0.231. The van der Waals surface area contributed by atoms with E-state index in [1.165, 1.54) is 0 Å². The first-order valence-corrected chi connectivity index (χ1v) is 12.7. The van der Waals surface area contributed by atoms with Gasteiger partial charge in [0.15, 0.2) is 0 Å². The van der Waals surface area contributed by atoms with E-state index < -0.39 is 15.3 Å². The van der Waals surface area contributed by atoms with E-state index in [1.807, 2.05) is 84.5 Å². The van der Waals surface area contributed by atoms with Crippen LogP contribution in [-0.4, -0.2) is 28.4 Å². The largest absolute Gasteiger partial charge is 0.265 e. The summed E-state index contributed by atoms with van der Waals surface area (Å²) in [6.07, 6.45) is 7.03. The molecule has 0 bridgehead atoms. The van der Waals surface area contributed by atoms with Crippen LogP contribution in [0, 0.1) is 0 Å². The minimum absolute atomic E-state index is 0.275. The molecule has 4 aromatic rings. The Kier molecular flexibility index (Phi) is 7.01. The summed E-state index contributed by atoms with van der Waals surface area (Å²) in [5, 5.41) is 4.46. The Morgan fingerprint density at radius 2 is 1.64 bits per heavy atom. The quantitative estimate of drug-likeness (QED) is 0.372. The summed E-state index contributed by atoms with van der Waals surface area (Å²) in [4.78, 5) is 4.12. The smallest absolute Gasteiger partial charge is 0.214 e. The van der Waals surface area contributed by atoms with E-state index in [4.69, 9.17) is 5.10 Å². The molecule has 2 heterocycles. The van der Waals surface area contributed by atoms with Crippen molar-refractivity contribution in [2.45, 2.75) is 38.5 Å². The maximum absolute atomic E-state index is 12.4. The van der Waals surface area contributed by atoms with Crippen LogP contribution in [-0.2, 0) is 16.6 Å². The minimum atomic E-state index is -3.32. The van der Waals surface area contributed by atoms with Gasteiger partial charge in [-0.3, -0.25) is 4.98 Å². The van der Waals surface area contributed by atoms with Gasteiger partial charge < -0.3 is 0 Å². The number of aromatic nitrogens is 3. The molecule has 1 unspecified atom stereocenters. The summed E-state index contributed by atoms with van der Waals surface area (Å²) in [5.41, 5.74) is 5.74. The maximum atomic E-state index is 12.4. The Bertz CT molecular complexity index is 1290. The Balaban J connectivity index is 1.61. The Hall–Kier alpha value is -3.29. The van der Waals surface area contributed by atoms with Crippen molar-refractivity contribution in [1.82, 2.24) is 19.5 Å². The van der Waals surface area contributed by atoms with Crippen molar-refractivity contribution < 1.29 is 8.42 Å². The van der Waals surface area contributed by atoms with Crippen LogP contribution in [0.5, 0.6) is 0 Å². The van der Waals surface area contributed by atoms with Crippen LogP contribution in [0.2, 0.25) is 0 Å². The number of benzene rings is 2. The Morgan fingerprint density at radius 1 is 0.939 bits per heavy atom. The Labute approximate surface area is 195 Å². The van der Waals surface area contributed by atoms with Gasteiger partial charge in [0.05, 0.1) is 10.9 Å². The maximum Gasteiger partial charge on any atom is 0.214 e. The summed E-state index contributed by atoms with van der Waals surface area (Å²) in [7, 11) is -3.32. The highest BCUT2D eigenvalue weighted by Crippen LogP contribution is 2.32. The molecule has 0 aliphatic rings. The van der Waals surface area contributed by atoms with Gasteiger partial charge in [0, 0.05) is 36.3 Å². The topological polar surface area (TPSA) is 76.9 Å². The molecule has 0 saturated carbocycles. The lowest BCUT2D eigenvalue weighted by molar-refractivity contribution is 0.561. The predicted molar refractivity (Wildman–Crippen MR) is 132 cm³/mol. The van der Waals surface area contributed by atoms with Gasteiger partial charge in [-0.1, -0.05) is 55.8 Å². The number of sulfonamides is 1. The zero-order valence-electron chi connectivity index (χ0n) is 18.8. The van der Waals surface area contributed by atoms with E-state index in [1.54, 1.807) is 19.3 Å². The number of nitrogens with zero attached hydrogens (tertiary/aromatic N) is 3. The van der Waals surface area contributed by atoms with Crippen LogP contribution in [0.15, 0.2) is 85.3 Å². The summed E-state index contributed by atoms with van der Waals surface area (Å²) >= 11 is 0. The first kappa shape index (κ1) is 22.9. The van der Waals surface area contributed by atoms with Gasteiger partial charge in [-0.2, -0.15) is 5.10 Å². The molecule has 0 spiro atoms. The molecule has 2 aromatic heterocycles. The lowest BCUT2D eigenvalue weighted by Crippen LogP contribution is -2.32. The summed E-state index contributed by atoms with van der Waals surface area (Å²) < 4.78 is 29.4. The molecule has 2 aromatic carbocycles.